The maximum atomic E-state index is 12.4. The Labute approximate surface area is 189 Å². The van der Waals surface area contributed by atoms with Crippen LogP contribution in [-0.4, -0.2) is 33.7 Å². The lowest BCUT2D eigenvalue weighted by Gasteiger charge is -2.13. The number of carbonyl (C=O) groups excluding carboxylic acids is 1. The van der Waals surface area contributed by atoms with E-state index in [2.05, 4.69) is 31.3 Å². The van der Waals surface area contributed by atoms with Crippen LogP contribution in [0.5, 0.6) is 11.5 Å². The summed E-state index contributed by atoms with van der Waals surface area (Å²) in [5, 5.41) is 6.69. The average Bonchev–Trinajstić information content (AvgIpc) is 3.31. The molecule has 0 fully saturated rings. The number of aromatic nitrogens is 3. The molecule has 2 aromatic heterocycles. The zero-order valence-electron chi connectivity index (χ0n) is 16.4. The van der Waals surface area contributed by atoms with Gasteiger partial charge in [0.2, 0.25) is 4.96 Å². The van der Waals surface area contributed by atoms with Crippen molar-refractivity contribution in [3.8, 4) is 11.5 Å². The maximum absolute atomic E-state index is 12.4. The fourth-order valence-corrected chi connectivity index (χ4v) is 4.12. The predicted molar refractivity (Wildman–Crippen MR) is 122 cm³/mol. The van der Waals surface area contributed by atoms with E-state index in [4.69, 9.17) is 9.47 Å². The van der Waals surface area contributed by atoms with Gasteiger partial charge in [-0.2, -0.15) is 9.61 Å². The minimum Gasteiger partial charge on any atom is -0.490 e. The molecule has 0 saturated heterocycles. The number of amides is 1. The van der Waals surface area contributed by atoms with Crippen LogP contribution in [0.2, 0.25) is 0 Å². The lowest BCUT2D eigenvalue weighted by molar-refractivity contribution is -0.118. The number of nitrogens with one attached hydrogen (secondary N) is 1. The molecule has 0 aliphatic carbocycles. The van der Waals surface area contributed by atoms with E-state index in [-0.39, 0.29) is 18.1 Å². The normalized spacial score (nSPS) is 11.6. The van der Waals surface area contributed by atoms with Crippen LogP contribution in [0, 0.1) is 0 Å². The molecule has 0 atom stereocenters. The first kappa shape index (κ1) is 21.0. The number of fused-ring (bicyclic) bond motifs is 1. The van der Waals surface area contributed by atoms with E-state index < -0.39 is 0 Å². The Hall–Kier alpha value is -3.24. The second kappa shape index (κ2) is 9.27. The number of hydrogen-bond donors (Lipinski definition) is 1. The van der Waals surface area contributed by atoms with Crippen LogP contribution in [0.4, 0.5) is 5.69 Å². The van der Waals surface area contributed by atoms with E-state index in [0.29, 0.717) is 33.3 Å². The highest BCUT2D eigenvalue weighted by atomic mass is 79.9. The summed E-state index contributed by atoms with van der Waals surface area (Å²) in [4.78, 5) is 29.2. The van der Waals surface area contributed by atoms with Gasteiger partial charge in [0.1, 0.15) is 6.33 Å². The van der Waals surface area contributed by atoms with Crippen molar-refractivity contribution in [1.29, 1.82) is 0 Å². The molecule has 1 amide bonds. The number of thiazole rings is 1. The first-order valence-electron chi connectivity index (χ1n) is 9.33. The SMILES string of the molecule is CCOc1cc(/C=c2\sc3ncnn3c2=O)ccc1OCC(=O)Nc1cccc(Br)c1. The number of nitrogens with zero attached hydrogens (tertiary/aromatic N) is 3. The van der Waals surface area contributed by atoms with Crippen molar-refractivity contribution in [3.05, 3.63) is 73.7 Å². The Morgan fingerprint density at radius 1 is 1.23 bits per heavy atom. The molecule has 0 saturated carbocycles. The monoisotopic (exact) mass is 500 g/mol. The Morgan fingerprint density at radius 3 is 2.87 bits per heavy atom. The maximum Gasteiger partial charge on any atom is 0.291 e. The van der Waals surface area contributed by atoms with Crippen molar-refractivity contribution in [1.82, 2.24) is 14.6 Å². The molecule has 1 N–H and O–H groups in total. The Morgan fingerprint density at radius 2 is 2.10 bits per heavy atom. The molecule has 4 aromatic rings. The van der Waals surface area contributed by atoms with Crippen molar-refractivity contribution in [2.24, 2.45) is 0 Å². The fourth-order valence-electron chi connectivity index (χ4n) is 2.84. The van der Waals surface area contributed by atoms with Crippen LogP contribution < -0.4 is 24.9 Å². The number of benzene rings is 2. The molecular weight excluding hydrogens is 484 g/mol. The van der Waals surface area contributed by atoms with Crippen molar-refractivity contribution < 1.29 is 14.3 Å². The van der Waals surface area contributed by atoms with E-state index in [1.807, 2.05) is 19.1 Å². The molecule has 4 rings (SSSR count). The predicted octanol–water partition coefficient (Wildman–Crippen LogP) is 2.88. The standard InChI is InChI=1S/C21H17BrN4O4S/c1-2-29-17-8-13(9-18-20(28)26-21(31-18)23-12-24-26)6-7-16(17)30-11-19(27)25-15-5-3-4-14(22)10-15/h3-10,12H,2,11H2,1H3,(H,25,27)/b18-9-. The molecule has 0 radical (unpaired) electrons. The molecule has 0 bridgehead atoms. The average molecular weight is 501 g/mol. The largest absolute Gasteiger partial charge is 0.490 e. The molecule has 158 valence electrons. The highest BCUT2D eigenvalue weighted by Gasteiger charge is 2.11. The summed E-state index contributed by atoms with van der Waals surface area (Å²) in [5.41, 5.74) is 1.21. The minimum absolute atomic E-state index is 0.172. The highest BCUT2D eigenvalue weighted by molar-refractivity contribution is 9.10. The third-order valence-corrected chi connectivity index (χ3v) is 5.62. The van der Waals surface area contributed by atoms with Gasteiger partial charge in [0, 0.05) is 10.2 Å². The molecule has 0 aliphatic rings. The Kier molecular flexibility index (Phi) is 6.28. The number of rotatable bonds is 7. The second-order valence-corrected chi connectivity index (χ2v) is 8.28. The molecule has 31 heavy (non-hydrogen) atoms. The van der Waals surface area contributed by atoms with E-state index in [1.54, 1.807) is 36.4 Å². The van der Waals surface area contributed by atoms with Crippen molar-refractivity contribution in [2.45, 2.75) is 6.92 Å². The summed E-state index contributed by atoms with van der Waals surface area (Å²) in [7, 11) is 0. The van der Waals surface area contributed by atoms with Crippen molar-refractivity contribution in [2.75, 3.05) is 18.5 Å². The van der Waals surface area contributed by atoms with E-state index in [0.717, 1.165) is 10.0 Å². The van der Waals surface area contributed by atoms with E-state index >= 15 is 0 Å². The topological polar surface area (TPSA) is 94.8 Å². The smallest absolute Gasteiger partial charge is 0.291 e. The quantitative estimate of drug-likeness (QED) is 0.419. The van der Waals surface area contributed by atoms with Gasteiger partial charge in [0.15, 0.2) is 18.1 Å². The molecule has 2 aromatic carbocycles. The summed E-state index contributed by atoms with van der Waals surface area (Å²) in [6, 6.07) is 12.6. The number of anilines is 1. The summed E-state index contributed by atoms with van der Waals surface area (Å²) in [5.74, 6) is 0.633. The molecule has 0 unspecified atom stereocenters. The van der Waals surface area contributed by atoms with Gasteiger partial charge in [-0.15, -0.1) is 0 Å². The third-order valence-electron chi connectivity index (χ3n) is 4.15. The van der Waals surface area contributed by atoms with Gasteiger partial charge in [-0.1, -0.05) is 39.4 Å². The first-order chi connectivity index (χ1) is 15.0. The molecule has 8 nitrogen and oxygen atoms in total. The number of ether oxygens (including phenoxy) is 2. The Balaban J connectivity index is 1.51. The number of halogens is 1. The van der Waals surface area contributed by atoms with Crippen LogP contribution >= 0.6 is 27.3 Å². The van der Waals surface area contributed by atoms with Gasteiger partial charge in [-0.3, -0.25) is 9.59 Å². The van der Waals surface area contributed by atoms with Crippen molar-refractivity contribution >= 4 is 49.9 Å². The van der Waals surface area contributed by atoms with Crippen LogP contribution in [0.15, 0.2) is 58.1 Å². The molecule has 10 heteroatoms. The van der Waals surface area contributed by atoms with Crippen LogP contribution in [0.1, 0.15) is 12.5 Å². The van der Waals surface area contributed by atoms with E-state index in [9.17, 15) is 9.59 Å². The molecule has 0 aliphatic heterocycles. The van der Waals surface area contributed by atoms with Crippen molar-refractivity contribution in [3.63, 3.8) is 0 Å². The number of carbonyl (C=O) groups is 1. The summed E-state index contributed by atoms with van der Waals surface area (Å²) >= 11 is 4.63. The third kappa shape index (κ3) is 4.92. The first-order valence-corrected chi connectivity index (χ1v) is 10.9. The van der Waals surface area contributed by atoms with Gasteiger partial charge in [-0.05, 0) is 48.9 Å². The van der Waals surface area contributed by atoms with Crippen LogP contribution in [0.25, 0.3) is 11.0 Å². The zero-order valence-corrected chi connectivity index (χ0v) is 18.8. The summed E-state index contributed by atoms with van der Waals surface area (Å²) in [6.45, 7) is 2.11. The second-order valence-electron chi connectivity index (χ2n) is 6.36. The molecule has 0 spiro atoms. The lowest BCUT2D eigenvalue weighted by atomic mass is 10.2. The highest BCUT2D eigenvalue weighted by Crippen LogP contribution is 2.29. The molecular formula is C21H17BrN4O4S. The molecule has 2 heterocycles. The van der Waals surface area contributed by atoms with E-state index in [1.165, 1.54) is 22.2 Å². The lowest BCUT2D eigenvalue weighted by Crippen LogP contribution is -2.23. The summed E-state index contributed by atoms with van der Waals surface area (Å²) in [6.07, 6.45) is 3.10. The van der Waals surface area contributed by atoms with Crippen LogP contribution in [-0.2, 0) is 4.79 Å². The van der Waals surface area contributed by atoms with Crippen LogP contribution in [0.3, 0.4) is 0 Å². The van der Waals surface area contributed by atoms with Gasteiger partial charge >= 0.3 is 0 Å². The van der Waals surface area contributed by atoms with Gasteiger partial charge < -0.3 is 14.8 Å². The zero-order chi connectivity index (χ0) is 21.8. The van der Waals surface area contributed by atoms with Gasteiger partial charge in [-0.25, -0.2) is 4.98 Å². The summed E-state index contributed by atoms with van der Waals surface area (Å²) < 4.78 is 14.0. The fraction of sp³-hybridized carbons (Fsp3) is 0.143. The number of hydrogen-bond acceptors (Lipinski definition) is 7. The Bertz CT molecular complexity index is 1350. The minimum atomic E-state index is -0.290. The van der Waals surface area contributed by atoms with Gasteiger partial charge in [0.25, 0.3) is 11.5 Å². The van der Waals surface area contributed by atoms with Gasteiger partial charge in [0.05, 0.1) is 11.1 Å².